The maximum Gasteiger partial charge on any atom is 0.309 e. The molecule has 1 amide bonds. The number of nitrogens with zero attached hydrogens (tertiary/aromatic N) is 2. The third-order valence-electron chi connectivity index (χ3n) is 5.50. The molecule has 1 fully saturated rings. The molecule has 1 atom stereocenters. The summed E-state index contributed by atoms with van der Waals surface area (Å²) in [6, 6.07) is 3.69. The molecule has 0 spiro atoms. The minimum absolute atomic E-state index is 0.0710. The van der Waals surface area contributed by atoms with Gasteiger partial charge in [0.2, 0.25) is 0 Å². The minimum Gasteiger partial charge on any atom is -0.469 e. The summed E-state index contributed by atoms with van der Waals surface area (Å²) in [6.45, 7) is 5.73. The fraction of sp³-hybridized carbons (Fsp3) is 0.409. The van der Waals surface area contributed by atoms with Crippen molar-refractivity contribution in [1.29, 1.82) is 0 Å². The van der Waals surface area contributed by atoms with Crippen molar-refractivity contribution in [2.75, 3.05) is 20.2 Å². The van der Waals surface area contributed by atoms with Gasteiger partial charge in [-0.2, -0.15) is 0 Å². The zero-order valence-electron chi connectivity index (χ0n) is 16.9. The third kappa shape index (κ3) is 3.92. The van der Waals surface area contributed by atoms with E-state index < -0.39 is 0 Å². The average Bonchev–Trinajstić information content (AvgIpc) is 3.09. The summed E-state index contributed by atoms with van der Waals surface area (Å²) in [6.07, 6.45) is 5.84. The molecular formula is C22H24N2O4S. The van der Waals surface area contributed by atoms with Crippen LogP contribution in [0.5, 0.6) is 5.75 Å². The van der Waals surface area contributed by atoms with Crippen molar-refractivity contribution in [3.63, 3.8) is 0 Å². The fourth-order valence-electron chi connectivity index (χ4n) is 3.58. The summed E-state index contributed by atoms with van der Waals surface area (Å²) < 4.78 is 12.0. The van der Waals surface area contributed by atoms with Crippen LogP contribution in [0.4, 0.5) is 0 Å². The van der Waals surface area contributed by atoms with Crippen LogP contribution in [-0.4, -0.2) is 42.0 Å². The lowest BCUT2D eigenvalue weighted by molar-refractivity contribution is -0.139. The Morgan fingerprint density at radius 2 is 2.14 bits per heavy atom. The Hall–Kier alpha value is -2.67. The molecule has 0 radical (unpaired) electrons. The van der Waals surface area contributed by atoms with E-state index in [0.717, 1.165) is 53.1 Å². The summed E-state index contributed by atoms with van der Waals surface area (Å²) in [5.41, 5.74) is 2.89. The van der Waals surface area contributed by atoms with Gasteiger partial charge in [0.25, 0.3) is 5.91 Å². The molecule has 2 aromatic rings. The number of allylic oxidation sites excluding steroid dienone is 3. The van der Waals surface area contributed by atoms with Gasteiger partial charge in [-0.15, -0.1) is 11.3 Å². The van der Waals surface area contributed by atoms with Gasteiger partial charge in [0.1, 0.15) is 11.5 Å². The van der Waals surface area contributed by atoms with Crippen molar-refractivity contribution < 1.29 is 19.1 Å². The third-order valence-corrected chi connectivity index (χ3v) is 6.62. The lowest BCUT2D eigenvalue weighted by Crippen LogP contribution is -2.41. The summed E-state index contributed by atoms with van der Waals surface area (Å²) >= 11 is 1.43. The van der Waals surface area contributed by atoms with Gasteiger partial charge in [-0.3, -0.25) is 14.6 Å². The van der Waals surface area contributed by atoms with E-state index in [0.29, 0.717) is 17.0 Å². The Kier molecular flexibility index (Phi) is 5.41. The van der Waals surface area contributed by atoms with Crippen molar-refractivity contribution in [2.24, 2.45) is 5.92 Å². The van der Waals surface area contributed by atoms with E-state index in [1.807, 2.05) is 30.0 Å². The summed E-state index contributed by atoms with van der Waals surface area (Å²) in [7, 11) is 1.41. The van der Waals surface area contributed by atoms with Gasteiger partial charge in [0.05, 0.1) is 28.6 Å². The molecule has 2 aliphatic rings. The van der Waals surface area contributed by atoms with Crippen LogP contribution in [0.25, 0.3) is 10.2 Å². The molecule has 4 rings (SSSR count). The molecule has 0 N–H and O–H groups in total. The predicted molar refractivity (Wildman–Crippen MR) is 112 cm³/mol. The Morgan fingerprint density at radius 1 is 1.34 bits per heavy atom. The number of esters is 1. The number of aromatic nitrogens is 1. The Balaban J connectivity index is 1.60. The van der Waals surface area contributed by atoms with Gasteiger partial charge in [-0.25, -0.2) is 0 Å². The molecular weight excluding hydrogens is 388 g/mol. The van der Waals surface area contributed by atoms with E-state index in [1.165, 1.54) is 18.4 Å². The van der Waals surface area contributed by atoms with Gasteiger partial charge < -0.3 is 14.4 Å². The zero-order chi connectivity index (χ0) is 20.5. The van der Waals surface area contributed by atoms with Gasteiger partial charge in [0.15, 0.2) is 0 Å². The number of carbonyl (C=O) groups excluding carboxylic acids is 2. The highest BCUT2D eigenvalue weighted by atomic mass is 32.1. The Morgan fingerprint density at radius 3 is 2.83 bits per heavy atom. The average molecular weight is 413 g/mol. The first-order chi connectivity index (χ1) is 14.0. The summed E-state index contributed by atoms with van der Waals surface area (Å²) in [4.78, 5) is 31.2. The number of carbonyl (C=O) groups is 2. The highest BCUT2D eigenvalue weighted by molar-refractivity contribution is 7.21. The topological polar surface area (TPSA) is 68.7 Å². The maximum atomic E-state index is 12.6. The van der Waals surface area contributed by atoms with Crippen LogP contribution in [0.3, 0.4) is 0 Å². The second kappa shape index (κ2) is 7.99. The normalized spacial score (nSPS) is 19.1. The van der Waals surface area contributed by atoms with E-state index in [1.54, 1.807) is 6.20 Å². The molecule has 6 nitrogen and oxygen atoms in total. The quantitative estimate of drug-likeness (QED) is 0.684. The van der Waals surface area contributed by atoms with Gasteiger partial charge in [0, 0.05) is 31.3 Å². The molecule has 152 valence electrons. The molecule has 29 heavy (non-hydrogen) atoms. The molecule has 2 aromatic heterocycles. The molecule has 0 aromatic carbocycles. The number of hydrogen-bond acceptors (Lipinski definition) is 6. The largest absolute Gasteiger partial charge is 0.469 e. The van der Waals surface area contributed by atoms with Crippen molar-refractivity contribution in [3.8, 4) is 5.75 Å². The number of ether oxygens (including phenoxy) is 2. The first-order valence-corrected chi connectivity index (χ1v) is 10.6. The fourth-order valence-corrected chi connectivity index (χ4v) is 4.61. The molecule has 0 bridgehead atoms. The first kappa shape index (κ1) is 19.6. The zero-order valence-corrected chi connectivity index (χ0v) is 17.7. The van der Waals surface area contributed by atoms with Gasteiger partial charge >= 0.3 is 5.97 Å². The number of pyridine rings is 1. The Labute approximate surface area is 173 Å². The molecule has 1 unspecified atom stereocenters. The minimum atomic E-state index is -0.224. The Bertz CT molecular complexity index is 1030. The molecule has 1 aliphatic carbocycles. The summed E-state index contributed by atoms with van der Waals surface area (Å²) in [5, 5.41) is 0. The second-order valence-electron chi connectivity index (χ2n) is 7.57. The van der Waals surface area contributed by atoms with E-state index in [-0.39, 0.29) is 17.8 Å². The first-order valence-electron chi connectivity index (χ1n) is 9.79. The highest BCUT2D eigenvalue weighted by Gasteiger charge is 2.25. The van der Waals surface area contributed by atoms with Crippen LogP contribution in [0.2, 0.25) is 0 Å². The van der Waals surface area contributed by atoms with Crippen LogP contribution >= 0.6 is 11.3 Å². The smallest absolute Gasteiger partial charge is 0.309 e. The number of rotatable bonds is 5. The molecule has 0 saturated carbocycles. The maximum absolute atomic E-state index is 12.6. The number of thiophene rings is 1. The van der Waals surface area contributed by atoms with Crippen LogP contribution in [0, 0.1) is 5.92 Å². The standard InChI is InChI=1S/C22H24N2O4S/c1-13-10-18(14(2)9-15(13)11-20(25)27-3)28-17-5-6-23-16-12-19(29-21(16)17)22(26)24-7-4-8-24/h5-6,10,12,14H,4,7-9,11H2,1-3H3. The van der Waals surface area contributed by atoms with Crippen molar-refractivity contribution in [2.45, 2.75) is 33.1 Å². The number of fused-ring (bicyclic) bond motifs is 1. The molecule has 7 heteroatoms. The van der Waals surface area contributed by atoms with E-state index in [9.17, 15) is 9.59 Å². The number of amides is 1. The van der Waals surface area contributed by atoms with E-state index >= 15 is 0 Å². The van der Waals surface area contributed by atoms with Crippen molar-refractivity contribution >= 4 is 33.4 Å². The van der Waals surface area contributed by atoms with Gasteiger partial charge in [-0.05, 0) is 37.5 Å². The van der Waals surface area contributed by atoms with E-state index in [2.05, 4.69) is 11.9 Å². The van der Waals surface area contributed by atoms with Crippen molar-refractivity contribution in [1.82, 2.24) is 9.88 Å². The van der Waals surface area contributed by atoms with E-state index in [4.69, 9.17) is 9.47 Å². The highest BCUT2D eigenvalue weighted by Crippen LogP contribution is 2.37. The predicted octanol–water partition coefficient (Wildman–Crippen LogP) is 4.32. The number of hydrogen-bond donors (Lipinski definition) is 0. The molecule has 1 saturated heterocycles. The molecule has 3 heterocycles. The van der Waals surface area contributed by atoms with Crippen LogP contribution in [0.15, 0.2) is 41.3 Å². The lowest BCUT2D eigenvalue weighted by Gasteiger charge is -2.30. The SMILES string of the molecule is COC(=O)CC1=C(C)C=C(Oc2ccnc3cc(C(=O)N4CCC4)sc23)C(C)C1. The lowest BCUT2D eigenvalue weighted by atomic mass is 9.88. The van der Waals surface area contributed by atoms with Gasteiger partial charge in [-0.1, -0.05) is 12.5 Å². The number of methoxy groups -OCH3 is 1. The van der Waals surface area contributed by atoms with Crippen LogP contribution < -0.4 is 4.74 Å². The monoisotopic (exact) mass is 412 g/mol. The second-order valence-corrected chi connectivity index (χ2v) is 8.63. The van der Waals surface area contributed by atoms with Crippen LogP contribution in [0.1, 0.15) is 42.8 Å². The molecule has 1 aliphatic heterocycles. The van der Waals surface area contributed by atoms with Crippen LogP contribution in [-0.2, 0) is 9.53 Å². The van der Waals surface area contributed by atoms with Crippen molar-refractivity contribution in [3.05, 3.63) is 46.2 Å². The summed E-state index contributed by atoms with van der Waals surface area (Å²) in [5.74, 6) is 1.56. The number of likely N-dealkylation sites (tertiary alicyclic amines) is 1.